The van der Waals surface area contributed by atoms with E-state index >= 15 is 0 Å². The lowest BCUT2D eigenvalue weighted by molar-refractivity contribution is -0.123. The molecule has 41 heavy (non-hydrogen) atoms. The molecule has 2 heterocycles. The summed E-state index contributed by atoms with van der Waals surface area (Å²) in [4.78, 5) is 33.2. The zero-order valence-corrected chi connectivity index (χ0v) is 26.1. The van der Waals surface area contributed by atoms with Crippen molar-refractivity contribution in [2.45, 2.75) is 12.8 Å². The van der Waals surface area contributed by atoms with E-state index in [1.54, 1.807) is 19.2 Å². The van der Waals surface area contributed by atoms with Crippen molar-refractivity contribution in [2.75, 3.05) is 65.5 Å². The summed E-state index contributed by atoms with van der Waals surface area (Å²) in [5, 5.41) is 6.85. The molecule has 1 saturated heterocycles. The first-order valence-corrected chi connectivity index (χ1v) is 13.9. The minimum atomic E-state index is -0.200. The third kappa shape index (κ3) is 7.24. The third-order valence-electron chi connectivity index (χ3n) is 7.85. The zero-order valence-electron chi connectivity index (χ0n) is 23.7. The van der Waals surface area contributed by atoms with Gasteiger partial charge < -0.3 is 14.5 Å². The Hall–Kier alpha value is -2.62. The number of hydrogen-bond acceptors (Lipinski definition) is 6. The summed E-state index contributed by atoms with van der Waals surface area (Å²) >= 11 is 6.44. The standard InChI is InChI=1S/C30H36ClN5O3.2ClH/c1-33(2)14-15-34-16-18-35(19-17-34)29(37)21-8-11-23(12-9-21)36-30(38)25-7-5-4-6-24(25)28(32-36)22-10-13-27(39-3)26(31)20-22;;/h4-5,8-13,20,24-25H,6-7,14-19H2,1-3H3;2*1H. The van der Waals surface area contributed by atoms with Crippen molar-refractivity contribution in [3.05, 3.63) is 70.8 Å². The maximum atomic E-state index is 13.6. The van der Waals surface area contributed by atoms with Crippen LogP contribution in [0.25, 0.3) is 0 Å². The van der Waals surface area contributed by atoms with E-state index in [4.69, 9.17) is 21.4 Å². The number of halogens is 3. The van der Waals surface area contributed by atoms with Crippen molar-refractivity contribution in [2.24, 2.45) is 16.9 Å². The van der Waals surface area contributed by atoms with Crippen LogP contribution in [-0.4, -0.2) is 92.7 Å². The normalized spacial score (nSPS) is 20.6. The van der Waals surface area contributed by atoms with Crippen LogP contribution in [0.15, 0.2) is 59.7 Å². The van der Waals surface area contributed by atoms with Gasteiger partial charge in [0, 0.05) is 50.7 Å². The summed E-state index contributed by atoms with van der Waals surface area (Å²) in [6.45, 7) is 5.21. The number of rotatable bonds is 7. The number of fused-ring (bicyclic) bond motifs is 1. The molecule has 3 aliphatic rings. The van der Waals surface area contributed by atoms with E-state index in [1.807, 2.05) is 35.2 Å². The maximum Gasteiger partial charge on any atom is 0.253 e. The van der Waals surface area contributed by atoms with Gasteiger partial charge in [-0.25, -0.2) is 5.01 Å². The van der Waals surface area contributed by atoms with Crippen molar-refractivity contribution in [1.29, 1.82) is 0 Å². The number of piperazine rings is 1. The first-order chi connectivity index (χ1) is 18.9. The fraction of sp³-hybridized carbons (Fsp3) is 0.433. The quantitative estimate of drug-likeness (QED) is 0.414. The van der Waals surface area contributed by atoms with E-state index < -0.39 is 0 Å². The minimum absolute atomic E-state index is 0. The number of carbonyl (C=O) groups excluding carboxylic acids is 2. The Morgan fingerprint density at radius 3 is 2.27 bits per heavy atom. The molecule has 2 unspecified atom stereocenters. The maximum absolute atomic E-state index is 13.6. The molecular formula is C30H38Cl3N5O3. The number of benzene rings is 2. The van der Waals surface area contributed by atoms with Crippen LogP contribution < -0.4 is 9.75 Å². The van der Waals surface area contributed by atoms with Gasteiger partial charge in [0.05, 0.1) is 29.4 Å². The number of nitrogens with zero attached hydrogens (tertiary/aromatic N) is 5. The second-order valence-electron chi connectivity index (χ2n) is 10.6. The Bertz CT molecular complexity index is 1280. The molecule has 0 aromatic heterocycles. The molecule has 2 aliphatic heterocycles. The molecule has 2 aromatic carbocycles. The highest BCUT2D eigenvalue weighted by atomic mass is 35.5. The van der Waals surface area contributed by atoms with Gasteiger partial charge in [-0.2, -0.15) is 5.10 Å². The van der Waals surface area contributed by atoms with Gasteiger partial charge in [0.25, 0.3) is 11.8 Å². The Balaban J connectivity index is 0.00000231. The van der Waals surface area contributed by atoms with Crippen molar-refractivity contribution in [3.8, 4) is 5.75 Å². The summed E-state index contributed by atoms with van der Waals surface area (Å²) in [6.07, 6.45) is 5.61. The van der Waals surface area contributed by atoms with Gasteiger partial charge in [-0.05, 0) is 75.0 Å². The van der Waals surface area contributed by atoms with Gasteiger partial charge in [-0.3, -0.25) is 14.5 Å². The van der Waals surface area contributed by atoms with E-state index in [9.17, 15) is 9.59 Å². The molecule has 5 rings (SSSR count). The molecule has 0 radical (unpaired) electrons. The lowest BCUT2D eigenvalue weighted by atomic mass is 9.76. The van der Waals surface area contributed by atoms with Crippen molar-refractivity contribution in [3.63, 3.8) is 0 Å². The predicted octanol–water partition coefficient (Wildman–Crippen LogP) is 4.84. The van der Waals surface area contributed by atoms with Crippen molar-refractivity contribution in [1.82, 2.24) is 14.7 Å². The lowest BCUT2D eigenvalue weighted by Crippen LogP contribution is -2.50. The molecule has 8 nitrogen and oxygen atoms in total. The number of carbonyl (C=O) groups is 2. The first-order valence-electron chi connectivity index (χ1n) is 13.5. The monoisotopic (exact) mass is 621 g/mol. The van der Waals surface area contributed by atoms with E-state index in [2.05, 4.69) is 36.0 Å². The van der Waals surface area contributed by atoms with Gasteiger partial charge >= 0.3 is 0 Å². The SMILES string of the molecule is COc1ccc(C2=NN(c3ccc(C(=O)N4CCN(CCN(C)C)CC4)cc3)C(=O)C3CC=CCC23)cc1Cl.Cl.Cl. The summed E-state index contributed by atoms with van der Waals surface area (Å²) < 4.78 is 5.32. The summed E-state index contributed by atoms with van der Waals surface area (Å²) in [5.41, 5.74) is 2.98. The molecule has 2 aromatic rings. The van der Waals surface area contributed by atoms with Crippen LogP contribution in [-0.2, 0) is 4.79 Å². The van der Waals surface area contributed by atoms with E-state index in [0.717, 1.165) is 43.9 Å². The predicted molar refractivity (Wildman–Crippen MR) is 169 cm³/mol. The molecule has 0 bridgehead atoms. The van der Waals surface area contributed by atoms with Gasteiger partial charge in [0.2, 0.25) is 0 Å². The highest BCUT2D eigenvalue weighted by molar-refractivity contribution is 6.32. The first kappa shape index (κ1) is 32.9. The van der Waals surface area contributed by atoms with Crippen LogP contribution in [0, 0.1) is 11.8 Å². The van der Waals surface area contributed by atoms with Gasteiger partial charge in [-0.1, -0.05) is 23.8 Å². The fourth-order valence-electron chi connectivity index (χ4n) is 5.50. The van der Waals surface area contributed by atoms with Crippen LogP contribution in [0.3, 0.4) is 0 Å². The number of hydrogen-bond donors (Lipinski definition) is 0. The Labute approximate surface area is 259 Å². The number of ether oxygens (including phenoxy) is 1. The van der Waals surface area contributed by atoms with Crippen molar-refractivity contribution < 1.29 is 14.3 Å². The third-order valence-corrected chi connectivity index (χ3v) is 8.14. The zero-order chi connectivity index (χ0) is 27.5. The van der Waals surface area contributed by atoms with E-state index in [-0.39, 0.29) is 48.5 Å². The Kier molecular flexibility index (Phi) is 11.6. The van der Waals surface area contributed by atoms with Gasteiger partial charge in [0.1, 0.15) is 5.75 Å². The molecule has 1 fully saturated rings. The second-order valence-corrected chi connectivity index (χ2v) is 11.0. The van der Waals surface area contributed by atoms with Gasteiger partial charge in [0.15, 0.2) is 0 Å². The van der Waals surface area contributed by atoms with Crippen LogP contribution in [0.4, 0.5) is 5.69 Å². The number of methoxy groups -OCH3 is 1. The van der Waals surface area contributed by atoms with E-state index in [0.29, 0.717) is 41.5 Å². The fourth-order valence-corrected chi connectivity index (χ4v) is 5.76. The second kappa shape index (κ2) is 14.5. The molecule has 0 saturated carbocycles. The summed E-state index contributed by atoms with van der Waals surface area (Å²) in [6, 6.07) is 12.9. The average molecular weight is 623 g/mol. The van der Waals surface area contributed by atoms with Gasteiger partial charge in [-0.15, -0.1) is 24.8 Å². The highest BCUT2D eigenvalue weighted by Gasteiger charge is 2.40. The van der Waals surface area contributed by atoms with Crippen LogP contribution in [0.5, 0.6) is 5.75 Å². The highest BCUT2D eigenvalue weighted by Crippen LogP contribution is 2.37. The molecule has 222 valence electrons. The van der Waals surface area contributed by atoms with Crippen LogP contribution >= 0.6 is 36.4 Å². The molecule has 0 spiro atoms. The van der Waals surface area contributed by atoms with Crippen molar-refractivity contribution >= 4 is 59.6 Å². The molecule has 2 atom stereocenters. The number of allylic oxidation sites excluding steroid dienone is 2. The van der Waals surface area contributed by atoms with E-state index in [1.165, 1.54) is 5.01 Å². The largest absolute Gasteiger partial charge is 0.495 e. The number of likely N-dealkylation sites (N-methyl/N-ethyl adjacent to an activating group) is 1. The topological polar surface area (TPSA) is 68.7 Å². The smallest absolute Gasteiger partial charge is 0.253 e. The minimum Gasteiger partial charge on any atom is -0.495 e. The summed E-state index contributed by atoms with van der Waals surface area (Å²) in [5.74, 6) is 0.378. The molecule has 0 N–H and O–H groups in total. The summed E-state index contributed by atoms with van der Waals surface area (Å²) in [7, 11) is 5.74. The number of hydrazone groups is 1. The molecular weight excluding hydrogens is 585 g/mol. The average Bonchev–Trinajstić information content (AvgIpc) is 2.96. The molecule has 1 aliphatic carbocycles. The van der Waals surface area contributed by atoms with Crippen LogP contribution in [0.2, 0.25) is 5.02 Å². The number of anilines is 1. The number of amides is 2. The van der Waals surface area contributed by atoms with Crippen LogP contribution in [0.1, 0.15) is 28.8 Å². The molecule has 11 heteroatoms. The molecule has 2 amide bonds. The Morgan fingerprint density at radius 2 is 1.66 bits per heavy atom. The Morgan fingerprint density at radius 1 is 1.00 bits per heavy atom. The lowest BCUT2D eigenvalue weighted by Gasteiger charge is -2.37.